The van der Waals surface area contributed by atoms with Crippen molar-refractivity contribution >= 4 is 33.5 Å². The minimum Gasteiger partial charge on any atom is -0.462 e. The van der Waals surface area contributed by atoms with Gasteiger partial charge >= 0.3 is 5.97 Å². The number of sulfonamides is 1. The monoisotopic (exact) mass is 524 g/mol. The van der Waals surface area contributed by atoms with Crippen molar-refractivity contribution < 1.29 is 31.9 Å². The van der Waals surface area contributed by atoms with Crippen molar-refractivity contribution in [3.63, 3.8) is 0 Å². The number of amides is 2. The molecule has 1 unspecified atom stereocenters. The van der Waals surface area contributed by atoms with Gasteiger partial charge in [0.25, 0.3) is 5.91 Å². The number of hydrogen-bond acceptors (Lipinski definition) is 6. The fourth-order valence-corrected chi connectivity index (χ4v) is 5.72. The second-order valence-corrected chi connectivity index (χ2v) is 10.3. The standard InChI is InChI=1S/C27H25FN2O6S/c1-2-36-27(33)20-8-12-22(13-9-20)30-25(31)18-24(26(30)32)29(17-16-19-6-4-3-5-7-19)37(34,35)23-14-10-21(28)11-15-23/h3-15,24H,2,16-18H2,1H3. The number of carbonyl (C=O) groups excluding carboxylic acids is 3. The predicted molar refractivity (Wildman–Crippen MR) is 134 cm³/mol. The van der Waals surface area contributed by atoms with Gasteiger partial charge in [-0.2, -0.15) is 4.31 Å². The van der Waals surface area contributed by atoms with E-state index in [1.807, 2.05) is 30.3 Å². The van der Waals surface area contributed by atoms with Crippen molar-refractivity contribution in [2.75, 3.05) is 18.1 Å². The maximum atomic E-state index is 13.6. The molecule has 192 valence electrons. The van der Waals surface area contributed by atoms with Gasteiger partial charge in [-0.3, -0.25) is 9.59 Å². The average Bonchev–Trinajstić information content (AvgIpc) is 3.18. The minimum absolute atomic E-state index is 0.0664. The summed E-state index contributed by atoms with van der Waals surface area (Å²) >= 11 is 0. The van der Waals surface area contributed by atoms with E-state index < -0.39 is 39.7 Å². The first kappa shape index (κ1) is 26.2. The van der Waals surface area contributed by atoms with Crippen LogP contribution in [0.2, 0.25) is 0 Å². The molecule has 37 heavy (non-hydrogen) atoms. The van der Waals surface area contributed by atoms with Crippen LogP contribution < -0.4 is 4.90 Å². The fourth-order valence-electron chi connectivity index (χ4n) is 4.14. The summed E-state index contributed by atoms with van der Waals surface area (Å²) in [5, 5.41) is 0. The van der Waals surface area contributed by atoms with E-state index in [2.05, 4.69) is 0 Å². The average molecular weight is 525 g/mol. The molecule has 1 heterocycles. The lowest BCUT2D eigenvalue weighted by Crippen LogP contribution is -2.46. The van der Waals surface area contributed by atoms with Crippen LogP contribution in [0.25, 0.3) is 0 Å². The number of benzene rings is 3. The van der Waals surface area contributed by atoms with Crippen molar-refractivity contribution in [1.29, 1.82) is 0 Å². The van der Waals surface area contributed by atoms with E-state index in [0.717, 1.165) is 39.0 Å². The zero-order valence-corrected chi connectivity index (χ0v) is 20.9. The molecule has 2 amide bonds. The van der Waals surface area contributed by atoms with Crippen LogP contribution in [0.5, 0.6) is 0 Å². The molecular formula is C27H25FN2O6S. The van der Waals surface area contributed by atoms with Crippen molar-refractivity contribution in [2.24, 2.45) is 0 Å². The van der Waals surface area contributed by atoms with Crippen LogP contribution in [-0.4, -0.2) is 49.7 Å². The third-order valence-corrected chi connectivity index (χ3v) is 7.91. The number of halogens is 1. The predicted octanol–water partition coefficient (Wildman–Crippen LogP) is 3.57. The maximum absolute atomic E-state index is 13.6. The van der Waals surface area contributed by atoms with E-state index in [4.69, 9.17) is 4.74 Å². The topological polar surface area (TPSA) is 101 Å². The summed E-state index contributed by atoms with van der Waals surface area (Å²) in [6.07, 6.45) is -0.0544. The number of ether oxygens (including phenoxy) is 1. The van der Waals surface area contributed by atoms with Crippen LogP contribution in [0.3, 0.4) is 0 Å². The molecule has 8 nitrogen and oxygen atoms in total. The van der Waals surface area contributed by atoms with Gasteiger partial charge in [0.15, 0.2) is 0 Å². The Morgan fingerprint density at radius 3 is 2.27 bits per heavy atom. The maximum Gasteiger partial charge on any atom is 0.338 e. The molecule has 10 heteroatoms. The summed E-state index contributed by atoms with van der Waals surface area (Å²) in [6, 6.07) is 17.9. The van der Waals surface area contributed by atoms with Gasteiger partial charge in [0.1, 0.15) is 11.9 Å². The first-order valence-electron chi connectivity index (χ1n) is 11.7. The quantitative estimate of drug-likeness (QED) is 0.313. The Balaban J connectivity index is 1.65. The molecule has 1 atom stereocenters. The van der Waals surface area contributed by atoms with Gasteiger partial charge in [0, 0.05) is 6.54 Å². The van der Waals surface area contributed by atoms with Crippen LogP contribution in [0, 0.1) is 5.82 Å². The Kier molecular flexibility index (Phi) is 7.80. The molecule has 0 aromatic heterocycles. The summed E-state index contributed by atoms with van der Waals surface area (Å²) in [4.78, 5) is 39.1. The third kappa shape index (κ3) is 5.60. The van der Waals surface area contributed by atoms with Gasteiger partial charge in [-0.1, -0.05) is 30.3 Å². The molecule has 0 spiro atoms. The molecule has 1 aliphatic rings. The van der Waals surface area contributed by atoms with E-state index >= 15 is 0 Å². The molecule has 1 saturated heterocycles. The van der Waals surface area contributed by atoms with Gasteiger partial charge in [-0.25, -0.2) is 22.5 Å². The van der Waals surface area contributed by atoms with E-state index in [9.17, 15) is 27.2 Å². The van der Waals surface area contributed by atoms with Crippen LogP contribution in [0.15, 0.2) is 83.8 Å². The first-order chi connectivity index (χ1) is 17.7. The number of hydrogen-bond donors (Lipinski definition) is 0. The molecule has 0 saturated carbocycles. The summed E-state index contributed by atoms with van der Waals surface area (Å²) in [6.45, 7) is 1.81. The summed E-state index contributed by atoms with van der Waals surface area (Å²) in [5.41, 5.74) is 1.32. The number of anilines is 1. The van der Waals surface area contributed by atoms with Crippen molar-refractivity contribution in [3.05, 3.63) is 95.8 Å². The van der Waals surface area contributed by atoms with E-state index in [-0.39, 0.29) is 35.7 Å². The molecule has 0 aliphatic carbocycles. The van der Waals surface area contributed by atoms with E-state index in [1.165, 1.54) is 24.3 Å². The van der Waals surface area contributed by atoms with Crippen LogP contribution >= 0.6 is 0 Å². The highest BCUT2D eigenvalue weighted by Crippen LogP contribution is 2.30. The lowest BCUT2D eigenvalue weighted by molar-refractivity contribution is -0.122. The zero-order valence-electron chi connectivity index (χ0n) is 20.0. The number of carbonyl (C=O) groups is 3. The molecule has 0 radical (unpaired) electrons. The minimum atomic E-state index is -4.25. The number of nitrogens with zero attached hydrogens (tertiary/aromatic N) is 2. The van der Waals surface area contributed by atoms with Crippen LogP contribution in [-0.2, 0) is 30.8 Å². The molecule has 1 fully saturated rings. The number of rotatable bonds is 9. The second kappa shape index (κ2) is 11.0. The Hall–Kier alpha value is -3.89. The van der Waals surface area contributed by atoms with E-state index in [0.29, 0.717) is 6.42 Å². The first-order valence-corrected chi connectivity index (χ1v) is 13.1. The summed E-state index contributed by atoms with van der Waals surface area (Å²) in [7, 11) is -4.25. The van der Waals surface area contributed by atoms with E-state index in [1.54, 1.807) is 6.92 Å². The summed E-state index contributed by atoms with van der Waals surface area (Å²) in [5.74, 6) is -2.41. The Morgan fingerprint density at radius 1 is 1.00 bits per heavy atom. The van der Waals surface area contributed by atoms with Crippen LogP contribution in [0.4, 0.5) is 10.1 Å². The zero-order chi connectivity index (χ0) is 26.6. The number of imide groups is 1. The Labute approximate surface area is 214 Å². The van der Waals surface area contributed by atoms with Gasteiger partial charge in [-0.05, 0) is 67.4 Å². The highest BCUT2D eigenvalue weighted by molar-refractivity contribution is 7.89. The van der Waals surface area contributed by atoms with Crippen LogP contribution in [0.1, 0.15) is 29.3 Å². The molecule has 0 N–H and O–H groups in total. The van der Waals surface area contributed by atoms with Crippen molar-refractivity contribution in [3.8, 4) is 0 Å². The highest BCUT2D eigenvalue weighted by Gasteiger charge is 2.46. The fraction of sp³-hybridized carbons (Fsp3) is 0.222. The molecule has 3 aromatic rings. The molecule has 1 aliphatic heterocycles. The SMILES string of the molecule is CCOC(=O)c1ccc(N2C(=O)CC(N(CCc3ccccc3)S(=O)(=O)c3ccc(F)cc3)C2=O)cc1. The largest absolute Gasteiger partial charge is 0.462 e. The van der Waals surface area contributed by atoms with Crippen molar-refractivity contribution in [2.45, 2.75) is 30.7 Å². The molecule has 4 rings (SSSR count). The molecule has 3 aromatic carbocycles. The Bertz CT molecular complexity index is 1390. The van der Waals surface area contributed by atoms with Gasteiger partial charge in [0.2, 0.25) is 15.9 Å². The van der Waals surface area contributed by atoms with Crippen molar-refractivity contribution in [1.82, 2.24) is 4.31 Å². The Morgan fingerprint density at radius 2 is 1.65 bits per heavy atom. The second-order valence-electron chi connectivity index (χ2n) is 8.36. The van der Waals surface area contributed by atoms with Gasteiger partial charge in [0.05, 0.1) is 29.2 Å². The molecule has 0 bridgehead atoms. The smallest absolute Gasteiger partial charge is 0.338 e. The lowest BCUT2D eigenvalue weighted by atomic mass is 10.1. The van der Waals surface area contributed by atoms with Gasteiger partial charge < -0.3 is 4.74 Å². The third-order valence-electron chi connectivity index (χ3n) is 5.99. The van der Waals surface area contributed by atoms with Gasteiger partial charge in [-0.15, -0.1) is 0 Å². The lowest BCUT2D eigenvalue weighted by Gasteiger charge is -2.27. The summed E-state index contributed by atoms with van der Waals surface area (Å²) < 4.78 is 46.6. The highest BCUT2D eigenvalue weighted by atomic mass is 32.2. The molecular weight excluding hydrogens is 499 g/mol. The number of esters is 1. The normalized spacial score (nSPS) is 15.9.